The highest BCUT2D eigenvalue weighted by molar-refractivity contribution is 6.25. The van der Waals surface area contributed by atoms with Gasteiger partial charge in [0.2, 0.25) is 0 Å². The third kappa shape index (κ3) is 4.13. The Balaban J connectivity index is 1.33. The van der Waals surface area contributed by atoms with Crippen LogP contribution in [0.3, 0.4) is 0 Å². The molecule has 0 spiro atoms. The van der Waals surface area contributed by atoms with Crippen molar-refractivity contribution < 1.29 is 4.42 Å². The normalized spacial score (nSPS) is 11.8. The molecule has 1 heterocycles. The lowest BCUT2D eigenvalue weighted by atomic mass is 9.94. The number of hydrogen-bond donors (Lipinski definition) is 0. The molecule has 0 unspecified atom stereocenters. The summed E-state index contributed by atoms with van der Waals surface area (Å²) in [5.41, 5.74) is 7.42. The van der Waals surface area contributed by atoms with Crippen LogP contribution in [-0.2, 0) is 0 Å². The van der Waals surface area contributed by atoms with Crippen LogP contribution in [0.2, 0.25) is 0 Å². The molecule has 0 radical (unpaired) electrons. The first-order chi connectivity index (χ1) is 23.8. The van der Waals surface area contributed by atoms with Gasteiger partial charge in [-0.05, 0) is 91.3 Å². The van der Waals surface area contributed by atoms with Crippen molar-refractivity contribution in [1.29, 1.82) is 0 Å². The molecule has 2 heteroatoms. The third-order valence-electron chi connectivity index (χ3n) is 9.76. The molecule has 10 aromatic rings. The van der Waals surface area contributed by atoms with Gasteiger partial charge in [0.15, 0.2) is 0 Å². The Morgan fingerprint density at radius 1 is 0.333 bits per heavy atom. The van der Waals surface area contributed by atoms with E-state index < -0.39 is 0 Å². The fourth-order valence-electron chi connectivity index (χ4n) is 7.59. The second kappa shape index (κ2) is 10.6. The molecular formula is C46H29NO. The number of nitrogens with zero attached hydrogens (tertiary/aromatic N) is 1. The van der Waals surface area contributed by atoms with Gasteiger partial charge in [-0.2, -0.15) is 0 Å². The van der Waals surface area contributed by atoms with Crippen LogP contribution in [0.4, 0.5) is 17.1 Å². The highest BCUT2D eigenvalue weighted by Crippen LogP contribution is 2.48. The fraction of sp³-hybridized carbons (Fsp3) is 0. The van der Waals surface area contributed by atoms with Crippen LogP contribution >= 0.6 is 0 Å². The van der Waals surface area contributed by atoms with Crippen molar-refractivity contribution >= 4 is 82.1 Å². The molecule has 1 aromatic heterocycles. The first-order valence-corrected chi connectivity index (χ1v) is 16.4. The smallest absolute Gasteiger partial charge is 0.137 e. The maximum atomic E-state index is 6.60. The molecule has 2 nitrogen and oxygen atoms in total. The molecule has 0 atom stereocenters. The van der Waals surface area contributed by atoms with Crippen LogP contribution in [-0.4, -0.2) is 0 Å². The Bertz CT molecular complexity index is 2850. The van der Waals surface area contributed by atoms with Crippen molar-refractivity contribution in [2.45, 2.75) is 0 Å². The maximum Gasteiger partial charge on any atom is 0.137 e. The Morgan fingerprint density at radius 2 is 1.00 bits per heavy atom. The average Bonchev–Trinajstić information content (AvgIpc) is 3.52. The molecular weight excluding hydrogens is 583 g/mol. The molecule has 0 saturated heterocycles. The lowest BCUT2D eigenvalue weighted by Crippen LogP contribution is -2.11. The largest absolute Gasteiger partial charge is 0.456 e. The van der Waals surface area contributed by atoms with Crippen molar-refractivity contribution in [3.63, 3.8) is 0 Å². The second-order valence-corrected chi connectivity index (χ2v) is 12.5. The molecule has 0 N–H and O–H groups in total. The quantitative estimate of drug-likeness (QED) is 0.184. The van der Waals surface area contributed by atoms with Crippen LogP contribution in [0, 0.1) is 0 Å². The zero-order valence-electron chi connectivity index (χ0n) is 26.1. The summed E-state index contributed by atoms with van der Waals surface area (Å²) in [5.74, 6) is 0. The molecule has 0 bridgehead atoms. The average molecular weight is 612 g/mol. The first-order valence-electron chi connectivity index (χ1n) is 16.4. The van der Waals surface area contributed by atoms with E-state index in [0.29, 0.717) is 0 Å². The Hall–Kier alpha value is -6.38. The van der Waals surface area contributed by atoms with E-state index in [1.165, 1.54) is 54.2 Å². The van der Waals surface area contributed by atoms with E-state index in [1.54, 1.807) is 0 Å². The number of furan rings is 1. The van der Waals surface area contributed by atoms with Gasteiger partial charge in [-0.15, -0.1) is 0 Å². The van der Waals surface area contributed by atoms with Crippen molar-refractivity contribution in [3.05, 3.63) is 176 Å². The van der Waals surface area contributed by atoms with Crippen molar-refractivity contribution in [2.75, 3.05) is 4.90 Å². The van der Waals surface area contributed by atoms with Crippen molar-refractivity contribution in [2.24, 2.45) is 0 Å². The summed E-state index contributed by atoms with van der Waals surface area (Å²) in [4.78, 5) is 2.44. The molecule has 0 aliphatic carbocycles. The highest BCUT2D eigenvalue weighted by Gasteiger charge is 2.23. The van der Waals surface area contributed by atoms with E-state index in [1.807, 2.05) is 0 Å². The molecule has 9 aromatic carbocycles. The van der Waals surface area contributed by atoms with E-state index in [4.69, 9.17) is 4.42 Å². The van der Waals surface area contributed by atoms with E-state index in [-0.39, 0.29) is 0 Å². The summed E-state index contributed by atoms with van der Waals surface area (Å²) >= 11 is 0. The van der Waals surface area contributed by atoms with Crippen LogP contribution in [0.15, 0.2) is 180 Å². The summed E-state index contributed by atoms with van der Waals surface area (Å²) in [7, 11) is 0. The van der Waals surface area contributed by atoms with Gasteiger partial charge in [0.1, 0.15) is 11.2 Å². The maximum absolute atomic E-state index is 6.60. The van der Waals surface area contributed by atoms with Crippen LogP contribution in [0.25, 0.3) is 76.2 Å². The lowest BCUT2D eigenvalue weighted by molar-refractivity contribution is 0.669. The predicted molar refractivity (Wildman–Crippen MR) is 204 cm³/mol. The van der Waals surface area contributed by atoms with Gasteiger partial charge in [0.25, 0.3) is 0 Å². The van der Waals surface area contributed by atoms with Gasteiger partial charge in [-0.3, -0.25) is 0 Å². The van der Waals surface area contributed by atoms with E-state index in [2.05, 4.69) is 181 Å². The van der Waals surface area contributed by atoms with E-state index in [9.17, 15) is 0 Å². The van der Waals surface area contributed by atoms with Gasteiger partial charge in [-0.1, -0.05) is 133 Å². The fourth-order valence-corrected chi connectivity index (χ4v) is 7.59. The molecule has 48 heavy (non-hydrogen) atoms. The minimum Gasteiger partial charge on any atom is -0.456 e. The SMILES string of the molecule is c1ccc(-c2cccc(N(c3cc4ccc5ccccc5c4c4ccccc34)c3cccc4oc5cc6ccccc6cc5c34)c2)cc1. The van der Waals surface area contributed by atoms with Crippen molar-refractivity contribution in [1.82, 2.24) is 0 Å². The molecule has 0 aliphatic rings. The van der Waals surface area contributed by atoms with E-state index >= 15 is 0 Å². The number of benzene rings is 9. The second-order valence-electron chi connectivity index (χ2n) is 12.5. The minimum atomic E-state index is 0.873. The number of anilines is 3. The van der Waals surface area contributed by atoms with Gasteiger partial charge in [-0.25, -0.2) is 0 Å². The summed E-state index contributed by atoms with van der Waals surface area (Å²) in [6, 6.07) is 63.4. The summed E-state index contributed by atoms with van der Waals surface area (Å²) in [6.45, 7) is 0. The van der Waals surface area contributed by atoms with Crippen molar-refractivity contribution in [3.8, 4) is 11.1 Å². The predicted octanol–water partition coefficient (Wildman–Crippen LogP) is 13.3. The van der Waals surface area contributed by atoms with Crippen LogP contribution in [0.5, 0.6) is 0 Å². The molecule has 0 saturated carbocycles. The van der Waals surface area contributed by atoms with Crippen LogP contribution < -0.4 is 4.90 Å². The first kappa shape index (κ1) is 26.8. The zero-order chi connectivity index (χ0) is 31.6. The summed E-state index contributed by atoms with van der Waals surface area (Å²) in [5, 5.41) is 12.0. The topological polar surface area (TPSA) is 16.4 Å². The molecule has 224 valence electrons. The highest BCUT2D eigenvalue weighted by atomic mass is 16.3. The number of rotatable bonds is 4. The van der Waals surface area contributed by atoms with Gasteiger partial charge < -0.3 is 9.32 Å². The Kier molecular flexibility index (Phi) is 5.91. The molecule has 0 aliphatic heterocycles. The summed E-state index contributed by atoms with van der Waals surface area (Å²) in [6.07, 6.45) is 0. The number of hydrogen-bond acceptors (Lipinski definition) is 2. The molecule has 0 fully saturated rings. The minimum absolute atomic E-state index is 0.873. The van der Waals surface area contributed by atoms with Crippen LogP contribution in [0.1, 0.15) is 0 Å². The van der Waals surface area contributed by atoms with E-state index in [0.717, 1.165) is 39.0 Å². The Morgan fingerprint density at radius 3 is 1.85 bits per heavy atom. The van der Waals surface area contributed by atoms with Gasteiger partial charge >= 0.3 is 0 Å². The molecule has 0 amide bonds. The van der Waals surface area contributed by atoms with Gasteiger partial charge in [0.05, 0.1) is 16.8 Å². The monoisotopic (exact) mass is 611 g/mol. The zero-order valence-corrected chi connectivity index (χ0v) is 26.1. The molecule has 10 rings (SSSR count). The lowest BCUT2D eigenvalue weighted by Gasteiger charge is -2.29. The summed E-state index contributed by atoms with van der Waals surface area (Å²) < 4.78 is 6.60. The Labute approximate surface area is 277 Å². The number of fused-ring (bicyclic) bond motifs is 9. The van der Waals surface area contributed by atoms with Gasteiger partial charge in [0, 0.05) is 16.5 Å². The third-order valence-corrected chi connectivity index (χ3v) is 9.76. The standard InChI is InChI=1S/C46H29NO/c1-2-12-30(13-3-1)32-17-10-18-36(26-32)47(41-22-11-23-43-46(41)40-27-33-15-4-5-16-34(33)29-44(40)48-43)42-28-35-25-24-31-14-6-7-19-37(31)45(35)39-21-9-8-20-38(39)42/h1-29H.